The highest BCUT2D eigenvalue weighted by atomic mass is 32.1. The van der Waals surface area contributed by atoms with Crippen LogP contribution in [-0.2, 0) is 0 Å². The first-order valence-corrected chi connectivity index (χ1v) is 4.32. The molecule has 74 valence electrons. The molecule has 0 unspecified atom stereocenters. The Labute approximate surface area is 83.1 Å². The predicted molar refractivity (Wildman–Crippen MR) is 52.7 cm³/mol. The molecule has 0 fully saturated rings. The number of nitrogen functional groups attached to an aromatic ring is 1. The average molecular weight is 213 g/mol. The molecule has 0 radical (unpaired) electrons. The van der Waals surface area contributed by atoms with Gasteiger partial charge in [0.1, 0.15) is 4.88 Å². The number of rotatable bonds is 3. The zero-order valence-electron chi connectivity index (χ0n) is 6.98. The second-order valence-electron chi connectivity index (χ2n) is 2.40. The van der Waals surface area contributed by atoms with Crippen LogP contribution in [0.4, 0.5) is 5.00 Å². The standard InChI is InChI=1S/C8H7NO4S/c1-2-3-4(7(10)11)5(8(12)13)14-6(3)9/h2H,1,9H2,(H,10,11)(H,12,13). The lowest BCUT2D eigenvalue weighted by atomic mass is 10.1. The molecule has 1 aromatic rings. The summed E-state index contributed by atoms with van der Waals surface area (Å²) in [4.78, 5) is 21.2. The minimum Gasteiger partial charge on any atom is -0.478 e. The van der Waals surface area contributed by atoms with Crippen LogP contribution in [0.1, 0.15) is 25.6 Å². The fourth-order valence-corrected chi connectivity index (χ4v) is 1.93. The number of anilines is 1. The molecule has 0 saturated heterocycles. The molecular weight excluding hydrogens is 206 g/mol. The monoisotopic (exact) mass is 213 g/mol. The molecule has 1 aromatic heterocycles. The molecule has 0 aliphatic carbocycles. The van der Waals surface area contributed by atoms with E-state index in [2.05, 4.69) is 6.58 Å². The van der Waals surface area contributed by atoms with Gasteiger partial charge < -0.3 is 15.9 Å². The molecule has 0 aliphatic rings. The maximum Gasteiger partial charge on any atom is 0.346 e. The van der Waals surface area contributed by atoms with E-state index in [0.717, 1.165) is 11.3 Å². The van der Waals surface area contributed by atoms with E-state index < -0.39 is 11.9 Å². The third-order valence-electron chi connectivity index (χ3n) is 1.59. The van der Waals surface area contributed by atoms with Gasteiger partial charge in [-0.25, -0.2) is 9.59 Å². The van der Waals surface area contributed by atoms with Crippen LogP contribution in [0.5, 0.6) is 0 Å². The van der Waals surface area contributed by atoms with Gasteiger partial charge in [-0.2, -0.15) is 0 Å². The van der Waals surface area contributed by atoms with E-state index in [4.69, 9.17) is 15.9 Å². The van der Waals surface area contributed by atoms with Crippen LogP contribution in [0, 0.1) is 0 Å². The van der Waals surface area contributed by atoms with E-state index in [-0.39, 0.29) is 21.0 Å². The molecule has 4 N–H and O–H groups in total. The van der Waals surface area contributed by atoms with E-state index in [1.54, 1.807) is 0 Å². The summed E-state index contributed by atoms with van der Waals surface area (Å²) in [7, 11) is 0. The zero-order valence-corrected chi connectivity index (χ0v) is 7.80. The maximum atomic E-state index is 10.8. The largest absolute Gasteiger partial charge is 0.478 e. The van der Waals surface area contributed by atoms with Gasteiger partial charge in [0.15, 0.2) is 0 Å². The van der Waals surface area contributed by atoms with Crippen molar-refractivity contribution in [2.24, 2.45) is 0 Å². The fraction of sp³-hybridized carbons (Fsp3) is 0. The van der Waals surface area contributed by atoms with E-state index in [0.29, 0.717) is 0 Å². The smallest absolute Gasteiger partial charge is 0.346 e. The summed E-state index contributed by atoms with van der Waals surface area (Å²) < 4.78 is 0. The lowest BCUT2D eigenvalue weighted by molar-refractivity contribution is 0.0656. The van der Waals surface area contributed by atoms with Crippen LogP contribution in [0.3, 0.4) is 0 Å². The molecule has 1 rings (SSSR count). The van der Waals surface area contributed by atoms with Crippen molar-refractivity contribution in [3.05, 3.63) is 22.6 Å². The van der Waals surface area contributed by atoms with Crippen molar-refractivity contribution >= 4 is 34.4 Å². The molecule has 0 amide bonds. The van der Waals surface area contributed by atoms with E-state index in [9.17, 15) is 9.59 Å². The highest BCUT2D eigenvalue weighted by Gasteiger charge is 2.24. The number of thiophene rings is 1. The van der Waals surface area contributed by atoms with Crippen molar-refractivity contribution < 1.29 is 19.8 Å². The van der Waals surface area contributed by atoms with Crippen LogP contribution in [-0.4, -0.2) is 22.2 Å². The Morgan fingerprint density at radius 3 is 2.29 bits per heavy atom. The number of carboxylic acids is 2. The van der Waals surface area contributed by atoms with Crippen LogP contribution >= 0.6 is 11.3 Å². The molecule has 0 spiro atoms. The number of hydrogen-bond donors (Lipinski definition) is 3. The van der Waals surface area contributed by atoms with Gasteiger partial charge in [0, 0.05) is 5.56 Å². The summed E-state index contributed by atoms with van der Waals surface area (Å²) in [6.45, 7) is 3.38. The molecule has 14 heavy (non-hydrogen) atoms. The summed E-state index contributed by atoms with van der Waals surface area (Å²) in [6, 6.07) is 0. The van der Waals surface area contributed by atoms with Gasteiger partial charge in [-0.05, 0) is 0 Å². The van der Waals surface area contributed by atoms with Crippen molar-refractivity contribution in [3.63, 3.8) is 0 Å². The third-order valence-corrected chi connectivity index (χ3v) is 2.61. The summed E-state index contributed by atoms with van der Waals surface area (Å²) in [5.74, 6) is -2.61. The molecule has 6 heteroatoms. The van der Waals surface area contributed by atoms with Crippen molar-refractivity contribution in [2.75, 3.05) is 5.73 Å². The Morgan fingerprint density at radius 1 is 1.36 bits per heavy atom. The minimum absolute atomic E-state index is 0.148. The van der Waals surface area contributed by atoms with E-state index >= 15 is 0 Å². The van der Waals surface area contributed by atoms with Crippen LogP contribution in [0.2, 0.25) is 0 Å². The average Bonchev–Trinajstić information content (AvgIpc) is 2.42. The van der Waals surface area contributed by atoms with Crippen molar-refractivity contribution in [1.29, 1.82) is 0 Å². The molecule has 0 bridgehead atoms. The lowest BCUT2D eigenvalue weighted by Gasteiger charge is -1.94. The van der Waals surface area contributed by atoms with Gasteiger partial charge in [0.25, 0.3) is 0 Å². The van der Waals surface area contributed by atoms with Crippen molar-refractivity contribution in [1.82, 2.24) is 0 Å². The molecule has 1 heterocycles. The summed E-state index contributed by atoms with van der Waals surface area (Å²) in [6.07, 6.45) is 1.24. The molecular formula is C8H7NO4S. The Bertz CT molecular complexity index is 421. The quantitative estimate of drug-likeness (QED) is 0.703. The first-order chi connectivity index (χ1) is 6.49. The number of carboxylic acid groups (broad SMARTS) is 2. The van der Waals surface area contributed by atoms with Gasteiger partial charge in [-0.1, -0.05) is 12.7 Å². The van der Waals surface area contributed by atoms with E-state index in [1.165, 1.54) is 6.08 Å². The molecule has 0 aliphatic heterocycles. The lowest BCUT2D eigenvalue weighted by Crippen LogP contribution is -2.05. The second kappa shape index (κ2) is 3.51. The van der Waals surface area contributed by atoms with Crippen LogP contribution in [0.15, 0.2) is 6.58 Å². The molecule has 0 atom stereocenters. The van der Waals surface area contributed by atoms with Crippen LogP contribution < -0.4 is 5.73 Å². The Kier molecular flexibility index (Phi) is 2.57. The normalized spacial score (nSPS) is 9.71. The Morgan fingerprint density at radius 2 is 1.93 bits per heavy atom. The molecule has 5 nitrogen and oxygen atoms in total. The van der Waals surface area contributed by atoms with E-state index in [1.807, 2.05) is 0 Å². The van der Waals surface area contributed by atoms with Gasteiger partial charge in [0.2, 0.25) is 0 Å². The Hall–Kier alpha value is -1.82. The second-order valence-corrected chi connectivity index (χ2v) is 3.45. The third kappa shape index (κ3) is 1.47. The Balaban J connectivity index is 3.53. The van der Waals surface area contributed by atoms with Gasteiger partial charge in [-0.3, -0.25) is 0 Å². The predicted octanol–water partition coefficient (Wildman–Crippen LogP) is 1.37. The first-order valence-electron chi connectivity index (χ1n) is 3.50. The first kappa shape index (κ1) is 10.3. The summed E-state index contributed by atoms with van der Waals surface area (Å²) in [5, 5.41) is 17.6. The summed E-state index contributed by atoms with van der Waals surface area (Å²) >= 11 is 0.728. The topological polar surface area (TPSA) is 101 Å². The minimum atomic E-state index is -1.31. The van der Waals surface area contributed by atoms with Gasteiger partial charge in [0.05, 0.1) is 10.6 Å². The zero-order chi connectivity index (χ0) is 10.9. The van der Waals surface area contributed by atoms with Gasteiger partial charge in [-0.15, -0.1) is 11.3 Å². The van der Waals surface area contributed by atoms with Crippen molar-refractivity contribution in [2.45, 2.75) is 0 Å². The highest BCUT2D eigenvalue weighted by molar-refractivity contribution is 7.18. The number of aromatic carboxylic acids is 2. The summed E-state index contributed by atoms with van der Waals surface area (Å²) in [5.41, 5.74) is 5.32. The van der Waals surface area contributed by atoms with Gasteiger partial charge >= 0.3 is 11.9 Å². The number of nitrogens with two attached hydrogens (primary N) is 1. The van der Waals surface area contributed by atoms with Crippen LogP contribution in [0.25, 0.3) is 6.08 Å². The SMILES string of the molecule is C=Cc1c(N)sc(C(=O)O)c1C(=O)O. The number of hydrogen-bond acceptors (Lipinski definition) is 4. The van der Waals surface area contributed by atoms with Crippen molar-refractivity contribution in [3.8, 4) is 0 Å². The fourth-order valence-electron chi connectivity index (χ4n) is 1.03. The number of carbonyl (C=O) groups is 2. The highest BCUT2D eigenvalue weighted by Crippen LogP contribution is 2.31. The maximum absolute atomic E-state index is 10.8. The molecule has 0 saturated carbocycles. The molecule has 0 aromatic carbocycles.